The van der Waals surface area contributed by atoms with Gasteiger partial charge >= 0.3 is 12.1 Å². The number of halogens is 3. The third-order valence-electron chi connectivity index (χ3n) is 5.29. The molecule has 0 N–H and O–H groups in total. The Morgan fingerprint density at radius 1 is 0.939 bits per heavy atom. The number of nitrogens with zero attached hydrogens (tertiary/aromatic N) is 1. The Morgan fingerprint density at radius 3 is 2.24 bits per heavy atom. The highest BCUT2D eigenvalue weighted by Crippen LogP contribution is 2.25. The van der Waals surface area contributed by atoms with Gasteiger partial charge in [0.2, 0.25) is 6.10 Å². The highest BCUT2D eigenvalue weighted by Gasteiger charge is 2.43. The number of unbranched alkanes of at least 4 members (excludes halogenated alkanes) is 5. The summed E-state index contributed by atoms with van der Waals surface area (Å²) >= 11 is 0. The third-order valence-corrected chi connectivity index (χ3v) is 5.29. The Morgan fingerprint density at radius 2 is 1.64 bits per heavy atom. The monoisotopic (exact) mass is 465 g/mol. The third kappa shape index (κ3) is 9.54. The van der Waals surface area contributed by atoms with Crippen LogP contribution in [0.3, 0.4) is 0 Å². The maximum Gasteiger partial charge on any atom is 0.427 e. The summed E-state index contributed by atoms with van der Waals surface area (Å²) < 4.78 is 49.0. The minimum Gasteiger partial charge on any atom is -0.447 e. The van der Waals surface area contributed by atoms with E-state index in [1.807, 2.05) is 18.3 Å². The highest BCUT2D eigenvalue weighted by atomic mass is 19.4. The van der Waals surface area contributed by atoms with E-state index in [9.17, 15) is 18.0 Å². The van der Waals surface area contributed by atoms with Gasteiger partial charge in [0.25, 0.3) is 0 Å². The summed E-state index contributed by atoms with van der Waals surface area (Å²) in [5.74, 6) is -1.04. The van der Waals surface area contributed by atoms with Crippen LogP contribution in [0.5, 0.6) is 0 Å². The van der Waals surface area contributed by atoms with Crippen molar-refractivity contribution in [2.45, 2.75) is 77.5 Å². The number of ether oxygens (including phenoxy) is 2. The predicted octanol–water partition coefficient (Wildman–Crippen LogP) is 7.17. The predicted molar refractivity (Wildman–Crippen MR) is 123 cm³/mol. The van der Waals surface area contributed by atoms with Crippen LogP contribution in [-0.4, -0.2) is 36.4 Å². The minimum atomic E-state index is -4.69. The number of hydrogen-bond acceptors (Lipinski definition) is 4. The van der Waals surface area contributed by atoms with Crippen LogP contribution in [0.1, 0.15) is 74.7 Å². The molecule has 0 aliphatic heterocycles. The molecule has 0 saturated carbocycles. The van der Waals surface area contributed by atoms with Gasteiger partial charge in [0.15, 0.2) is 0 Å². The average Bonchev–Trinajstić information content (AvgIpc) is 2.80. The van der Waals surface area contributed by atoms with E-state index in [-0.39, 0.29) is 12.2 Å². The van der Waals surface area contributed by atoms with Crippen LogP contribution < -0.4 is 0 Å². The largest absolute Gasteiger partial charge is 0.447 e. The summed E-state index contributed by atoms with van der Waals surface area (Å²) in [5, 5.41) is 0. The molecular formula is C26H34F3NO3. The van der Waals surface area contributed by atoms with Crippen molar-refractivity contribution >= 4 is 5.97 Å². The molecule has 2 aromatic rings. The molecule has 0 radical (unpaired) electrons. The first-order valence-corrected chi connectivity index (χ1v) is 11.8. The Hall–Kier alpha value is -2.41. The number of pyridine rings is 1. The molecule has 0 bridgehead atoms. The van der Waals surface area contributed by atoms with Gasteiger partial charge in [-0.2, -0.15) is 13.2 Å². The normalized spacial score (nSPS) is 12.5. The molecule has 1 unspecified atom stereocenters. The minimum absolute atomic E-state index is 0.0446. The molecule has 1 aromatic heterocycles. The second-order valence-electron chi connectivity index (χ2n) is 8.16. The number of hydrogen-bond donors (Lipinski definition) is 0. The maximum atomic E-state index is 13.1. The van der Waals surface area contributed by atoms with E-state index in [1.54, 1.807) is 19.1 Å². The molecule has 0 saturated heterocycles. The Labute approximate surface area is 194 Å². The Balaban J connectivity index is 1.91. The molecule has 2 rings (SSSR count). The van der Waals surface area contributed by atoms with Crippen molar-refractivity contribution in [3.8, 4) is 11.3 Å². The van der Waals surface area contributed by atoms with Crippen LogP contribution in [0.4, 0.5) is 13.2 Å². The van der Waals surface area contributed by atoms with Gasteiger partial charge in [-0.25, -0.2) is 4.79 Å². The van der Waals surface area contributed by atoms with E-state index in [2.05, 4.69) is 16.6 Å². The van der Waals surface area contributed by atoms with Gasteiger partial charge < -0.3 is 9.47 Å². The molecule has 7 heteroatoms. The second kappa shape index (κ2) is 14.0. The number of aryl methyl sites for hydroxylation is 1. The first kappa shape index (κ1) is 26.8. The molecular weight excluding hydrogens is 431 g/mol. The lowest BCUT2D eigenvalue weighted by atomic mass is 10.0. The highest BCUT2D eigenvalue weighted by molar-refractivity contribution is 5.90. The number of esters is 1. The molecule has 1 heterocycles. The summed E-state index contributed by atoms with van der Waals surface area (Å²) in [7, 11) is 0. The van der Waals surface area contributed by atoms with E-state index >= 15 is 0 Å². The molecule has 0 amide bonds. The van der Waals surface area contributed by atoms with Crippen molar-refractivity contribution in [3.05, 3.63) is 53.7 Å². The summed E-state index contributed by atoms with van der Waals surface area (Å²) in [6.07, 6.45) is 3.91. The van der Waals surface area contributed by atoms with Crippen molar-refractivity contribution in [1.82, 2.24) is 4.98 Å². The van der Waals surface area contributed by atoms with Gasteiger partial charge in [-0.1, -0.05) is 64.2 Å². The van der Waals surface area contributed by atoms with Gasteiger partial charge in [-0.05, 0) is 43.0 Å². The number of carbonyl (C=O) groups excluding carboxylic acids is 1. The van der Waals surface area contributed by atoms with E-state index < -0.39 is 24.9 Å². The molecule has 0 aliphatic carbocycles. The zero-order chi connectivity index (χ0) is 24.1. The Kier molecular flexibility index (Phi) is 11.4. The molecule has 0 fully saturated rings. The number of aromatic nitrogens is 1. The smallest absolute Gasteiger partial charge is 0.427 e. The van der Waals surface area contributed by atoms with E-state index in [0.717, 1.165) is 24.1 Å². The zero-order valence-corrected chi connectivity index (χ0v) is 19.5. The van der Waals surface area contributed by atoms with Crippen molar-refractivity contribution in [2.75, 3.05) is 13.2 Å². The molecule has 182 valence electrons. The summed E-state index contributed by atoms with van der Waals surface area (Å²) in [5.41, 5.74) is 2.74. The quantitative estimate of drug-likeness (QED) is 0.219. The average molecular weight is 466 g/mol. The molecule has 33 heavy (non-hydrogen) atoms. The Bertz CT molecular complexity index is 820. The summed E-state index contributed by atoms with van der Waals surface area (Å²) in [6, 6.07) is 10.2. The molecule has 4 nitrogen and oxygen atoms in total. The van der Waals surface area contributed by atoms with Crippen molar-refractivity contribution in [1.29, 1.82) is 0 Å². The van der Waals surface area contributed by atoms with E-state index in [0.29, 0.717) is 6.42 Å². The van der Waals surface area contributed by atoms with E-state index in [1.165, 1.54) is 49.8 Å². The van der Waals surface area contributed by atoms with Crippen LogP contribution in [-0.2, 0) is 15.9 Å². The SMILES string of the molecule is CCCCCCCCc1ccc(-c2ccc(C(=O)OC(COCCC)C(F)(F)F)cc2)nc1. The van der Waals surface area contributed by atoms with E-state index in [4.69, 9.17) is 4.74 Å². The maximum absolute atomic E-state index is 13.1. The lowest BCUT2D eigenvalue weighted by Gasteiger charge is -2.20. The topological polar surface area (TPSA) is 48.4 Å². The van der Waals surface area contributed by atoms with Crippen LogP contribution in [0, 0.1) is 0 Å². The number of alkyl halides is 3. The lowest BCUT2D eigenvalue weighted by molar-refractivity contribution is -0.217. The van der Waals surface area contributed by atoms with Crippen LogP contribution >= 0.6 is 0 Å². The first-order valence-electron chi connectivity index (χ1n) is 11.8. The number of carbonyl (C=O) groups is 1. The van der Waals surface area contributed by atoms with Crippen molar-refractivity contribution in [2.24, 2.45) is 0 Å². The van der Waals surface area contributed by atoms with Crippen LogP contribution in [0.2, 0.25) is 0 Å². The van der Waals surface area contributed by atoms with Gasteiger partial charge in [0.05, 0.1) is 17.9 Å². The fourth-order valence-corrected chi connectivity index (χ4v) is 3.36. The standard InChI is InChI=1S/C26H34F3NO3/c1-3-5-6-7-8-9-10-20-11-16-23(30-18-20)21-12-14-22(15-13-21)25(31)33-24(26(27,28)29)19-32-17-4-2/h11-16,18,24H,3-10,17,19H2,1-2H3. The van der Waals surface area contributed by atoms with Crippen LogP contribution in [0.15, 0.2) is 42.6 Å². The summed E-state index contributed by atoms with van der Waals surface area (Å²) in [4.78, 5) is 16.7. The summed E-state index contributed by atoms with van der Waals surface area (Å²) in [6.45, 7) is 3.45. The number of benzene rings is 1. The second-order valence-corrected chi connectivity index (χ2v) is 8.16. The molecule has 1 aromatic carbocycles. The lowest BCUT2D eigenvalue weighted by Crippen LogP contribution is -2.38. The fraction of sp³-hybridized carbons (Fsp3) is 0.538. The molecule has 1 atom stereocenters. The van der Waals surface area contributed by atoms with Crippen molar-refractivity contribution < 1.29 is 27.4 Å². The first-order chi connectivity index (χ1) is 15.8. The molecule has 0 aliphatic rings. The number of rotatable bonds is 14. The fourth-order valence-electron chi connectivity index (χ4n) is 3.36. The zero-order valence-electron chi connectivity index (χ0n) is 19.5. The van der Waals surface area contributed by atoms with Gasteiger partial charge in [-0.15, -0.1) is 0 Å². The van der Waals surface area contributed by atoms with Crippen LogP contribution in [0.25, 0.3) is 11.3 Å². The van der Waals surface area contributed by atoms with Gasteiger partial charge in [0, 0.05) is 18.4 Å². The van der Waals surface area contributed by atoms with Crippen molar-refractivity contribution in [3.63, 3.8) is 0 Å². The molecule has 0 spiro atoms. The van der Waals surface area contributed by atoms with Gasteiger partial charge in [-0.3, -0.25) is 4.98 Å². The van der Waals surface area contributed by atoms with Gasteiger partial charge in [0.1, 0.15) is 0 Å².